The molecule has 0 aliphatic heterocycles. The molecule has 0 spiro atoms. The minimum atomic E-state index is -4.11. The van der Waals surface area contributed by atoms with Crippen molar-refractivity contribution >= 4 is 81.1 Å². The number of rotatable bonds is 6. The number of nitrogens with zero attached hydrogens (tertiary/aromatic N) is 1. The maximum absolute atomic E-state index is 13.0. The van der Waals surface area contributed by atoms with Crippen LogP contribution in [0.1, 0.15) is 0 Å². The third kappa shape index (κ3) is 4.41. The zero-order valence-electron chi connectivity index (χ0n) is 15.7. The van der Waals surface area contributed by atoms with Crippen LogP contribution in [0.5, 0.6) is 0 Å². The maximum Gasteiger partial charge on any atom is 0.271 e. The summed E-state index contributed by atoms with van der Waals surface area (Å²) in [6.07, 6.45) is 0. The van der Waals surface area contributed by atoms with Gasteiger partial charge in [-0.25, -0.2) is 16.8 Å². The van der Waals surface area contributed by atoms with E-state index in [0.717, 1.165) is 22.9 Å². The van der Waals surface area contributed by atoms with Gasteiger partial charge in [-0.2, -0.15) is 0 Å². The summed E-state index contributed by atoms with van der Waals surface area (Å²) in [6, 6.07) is 11.8. The quantitative estimate of drug-likeness (QED) is 0.370. The van der Waals surface area contributed by atoms with Crippen LogP contribution in [-0.2, 0) is 27.1 Å². The van der Waals surface area contributed by atoms with Gasteiger partial charge in [0.2, 0.25) is 0 Å². The van der Waals surface area contributed by atoms with Crippen molar-refractivity contribution in [2.45, 2.75) is 9.10 Å². The number of fused-ring (bicyclic) bond motifs is 1. The number of thiophene rings is 1. The second-order valence-electron chi connectivity index (χ2n) is 6.39. The van der Waals surface area contributed by atoms with Crippen molar-refractivity contribution in [3.05, 3.63) is 67.9 Å². The summed E-state index contributed by atoms with van der Waals surface area (Å²) in [5.74, 6) is 0. The number of halogens is 1. The SMILES string of the molecule is Cn1sc(=O)c2cc(S(=O)(=O)Nc3cc(Br)ccc3NS(=O)(=O)c3cccs3)ccc21. The van der Waals surface area contributed by atoms with Crippen LogP contribution in [0.2, 0.25) is 0 Å². The van der Waals surface area contributed by atoms with Crippen LogP contribution in [0.25, 0.3) is 10.9 Å². The average Bonchev–Trinajstić information content (AvgIpc) is 3.33. The Morgan fingerprint density at radius 2 is 1.68 bits per heavy atom. The number of hydrogen-bond donors (Lipinski definition) is 2. The summed E-state index contributed by atoms with van der Waals surface area (Å²) in [5.41, 5.74) is 0.723. The van der Waals surface area contributed by atoms with E-state index in [1.54, 1.807) is 34.6 Å². The molecule has 2 N–H and O–H groups in total. The molecule has 4 rings (SSSR count). The van der Waals surface area contributed by atoms with E-state index in [1.165, 1.54) is 30.3 Å². The van der Waals surface area contributed by atoms with Crippen molar-refractivity contribution < 1.29 is 16.8 Å². The lowest BCUT2D eigenvalue weighted by atomic mass is 10.2. The van der Waals surface area contributed by atoms with Gasteiger partial charge in [-0.15, -0.1) is 11.3 Å². The molecule has 0 saturated carbocycles. The van der Waals surface area contributed by atoms with Crippen LogP contribution >= 0.6 is 38.8 Å². The highest BCUT2D eigenvalue weighted by Crippen LogP contribution is 2.31. The van der Waals surface area contributed by atoms with Crippen molar-refractivity contribution in [1.29, 1.82) is 0 Å². The minimum Gasteiger partial charge on any atom is -0.297 e. The number of hydrogen-bond acceptors (Lipinski definition) is 7. The highest BCUT2D eigenvalue weighted by Gasteiger charge is 2.21. The average molecular weight is 560 g/mol. The van der Waals surface area contributed by atoms with Crippen LogP contribution in [-0.4, -0.2) is 20.8 Å². The van der Waals surface area contributed by atoms with Crippen molar-refractivity contribution in [2.75, 3.05) is 9.44 Å². The van der Waals surface area contributed by atoms with Gasteiger partial charge in [-0.1, -0.05) is 22.0 Å². The van der Waals surface area contributed by atoms with Gasteiger partial charge in [0, 0.05) is 11.5 Å². The number of nitrogens with one attached hydrogen (secondary N) is 2. The largest absolute Gasteiger partial charge is 0.297 e. The molecule has 2 aromatic heterocycles. The van der Waals surface area contributed by atoms with E-state index in [9.17, 15) is 21.6 Å². The lowest BCUT2D eigenvalue weighted by molar-refractivity contribution is 0.599. The topological polar surface area (TPSA) is 114 Å². The second kappa shape index (κ2) is 8.06. The Morgan fingerprint density at radius 3 is 2.39 bits per heavy atom. The van der Waals surface area contributed by atoms with Gasteiger partial charge >= 0.3 is 0 Å². The predicted molar refractivity (Wildman–Crippen MR) is 127 cm³/mol. The molecule has 0 unspecified atom stereocenters. The van der Waals surface area contributed by atoms with Crippen LogP contribution in [0.4, 0.5) is 11.4 Å². The third-order valence-electron chi connectivity index (χ3n) is 4.29. The van der Waals surface area contributed by atoms with Crippen molar-refractivity contribution in [2.24, 2.45) is 7.05 Å². The zero-order chi connectivity index (χ0) is 22.4. The number of aryl methyl sites for hydroxylation is 1. The Morgan fingerprint density at radius 1 is 0.935 bits per heavy atom. The molecule has 0 atom stereocenters. The van der Waals surface area contributed by atoms with Gasteiger partial charge in [0.15, 0.2) is 0 Å². The molecule has 0 bridgehead atoms. The molecule has 0 aliphatic carbocycles. The predicted octanol–water partition coefficient (Wildman–Crippen LogP) is 4.03. The van der Waals surface area contributed by atoms with E-state index in [0.29, 0.717) is 15.4 Å². The summed E-state index contributed by atoms with van der Waals surface area (Å²) in [5, 5.41) is 1.92. The summed E-state index contributed by atoms with van der Waals surface area (Å²) >= 11 is 5.29. The van der Waals surface area contributed by atoms with Gasteiger partial charge in [0.25, 0.3) is 24.8 Å². The molecule has 13 heteroatoms. The van der Waals surface area contributed by atoms with Gasteiger partial charge in [0.1, 0.15) is 4.21 Å². The van der Waals surface area contributed by atoms with Crippen molar-refractivity contribution in [1.82, 2.24) is 3.96 Å². The molecule has 4 aromatic rings. The molecule has 2 aromatic carbocycles. The van der Waals surface area contributed by atoms with Gasteiger partial charge in [-0.05, 0) is 59.4 Å². The summed E-state index contributed by atoms with van der Waals surface area (Å²) in [7, 11) is -6.27. The van der Waals surface area contributed by atoms with E-state index in [4.69, 9.17) is 0 Å². The van der Waals surface area contributed by atoms with E-state index >= 15 is 0 Å². The lowest BCUT2D eigenvalue weighted by Gasteiger charge is -2.15. The molecule has 0 radical (unpaired) electrons. The van der Waals surface area contributed by atoms with Crippen LogP contribution in [0, 0.1) is 0 Å². The van der Waals surface area contributed by atoms with Crippen molar-refractivity contribution in [3.63, 3.8) is 0 Å². The number of benzene rings is 2. The molecule has 8 nitrogen and oxygen atoms in total. The third-order valence-corrected chi connectivity index (χ3v) is 9.76. The zero-order valence-corrected chi connectivity index (χ0v) is 20.5. The Bertz CT molecular complexity index is 1560. The number of anilines is 2. The maximum atomic E-state index is 13.0. The first-order chi connectivity index (χ1) is 14.6. The van der Waals surface area contributed by atoms with E-state index in [1.807, 2.05) is 0 Å². The monoisotopic (exact) mass is 559 g/mol. The van der Waals surface area contributed by atoms with Crippen LogP contribution in [0.3, 0.4) is 0 Å². The van der Waals surface area contributed by atoms with Crippen molar-refractivity contribution in [3.8, 4) is 0 Å². The fraction of sp³-hybridized carbons (Fsp3) is 0.0556. The summed E-state index contributed by atoms with van der Waals surface area (Å²) < 4.78 is 58.1. The molecule has 0 amide bonds. The first kappa shape index (κ1) is 22.0. The van der Waals surface area contributed by atoms with Gasteiger partial charge < -0.3 is 0 Å². The number of aromatic nitrogens is 1. The summed E-state index contributed by atoms with van der Waals surface area (Å²) in [4.78, 5) is 12.0. The van der Waals surface area contributed by atoms with E-state index < -0.39 is 20.0 Å². The Labute approximate surface area is 194 Å². The second-order valence-corrected chi connectivity index (χ2v) is 12.9. The molecule has 2 heterocycles. The Balaban J connectivity index is 1.73. The first-order valence-corrected chi connectivity index (χ1v) is 14.0. The minimum absolute atomic E-state index is 0.0350. The van der Waals surface area contributed by atoms with E-state index in [-0.39, 0.29) is 25.2 Å². The van der Waals surface area contributed by atoms with Gasteiger partial charge in [-0.3, -0.25) is 18.2 Å². The molecule has 31 heavy (non-hydrogen) atoms. The molecular formula is C18H14BrN3O5S4. The van der Waals surface area contributed by atoms with Crippen LogP contribution in [0.15, 0.2) is 72.3 Å². The smallest absolute Gasteiger partial charge is 0.271 e. The fourth-order valence-electron chi connectivity index (χ4n) is 2.85. The normalized spacial score (nSPS) is 12.2. The first-order valence-electron chi connectivity index (χ1n) is 8.56. The fourth-order valence-corrected chi connectivity index (χ4v) is 7.15. The lowest BCUT2D eigenvalue weighted by Crippen LogP contribution is -2.17. The Hall–Kier alpha value is -2.19. The standard InChI is InChI=1S/C18H14BrN3O5S4/c1-22-16-7-5-12(10-13(16)18(23)29-22)30(24,25)21-15-9-11(19)4-6-14(15)20-31(26,27)17-3-2-8-28-17/h2-10,20-21H,1H3. The molecule has 0 saturated heterocycles. The molecule has 162 valence electrons. The Kier molecular flexibility index (Phi) is 5.72. The highest BCUT2D eigenvalue weighted by atomic mass is 79.9. The summed E-state index contributed by atoms with van der Waals surface area (Å²) in [6.45, 7) is 0. The van der Waals surface area contributed by atoms with E-state index in [2.05, 4.69) is 25.4 Å². The highest BCUT2D eigenvalue weighted by molar-refractivity contribution is 9.10. The molecule has 0 aliphatic rings. The molecular weight excluding hydrogens is 546 g/mol. The number of sulfonamides is 2. The van der Waals surface area contributed by atoms with Crippen LogP contribution < -0.4 is 14.2 Å². The molecule has 0 fully saturated rings. The van der Waals surface area contributed by atoms with Gasteiger partial charge in [0.05, 0.1) is 27.2 Å².